The van der Waals surface area contributed by atoms with Crippen molar-refractivity contribution >= 4 is 5.91 Å². The van der Waals surface area contributed by atoms with E-state index in [9.17, 15) is 4.79 Å². The lowest BCUT2D eigenvalue weighted by molar-refractivity contribution is 0.0945. The van der Waals surface area contributed by atoms with Gasteiger partial charge in [0.15, 0.2) is 5.69 Å². The van der Waals surface area contributed by atoms with Gasteiger partial charge in [-0.05, 0) is 37.9 Å². The smallest absolute Gasteiger partial charge is 0.273 e. The molecule has 1 aromatic carbocycles. The van der Waals surface area contributed by atoms with Crippen LogP contribution in [0, 0.1) is 5.92 Å². The molecule has 0 aliphatic carbocycles. The van der Waals surface area contributed by atoms with Gasteiger partial charge in [0.25, 0.3) is 5.91 Å². The van der Waals surface area contributed by atoms with Crippen molar-refractivity contribution in [1.82, 2.24) is 25.6 Å². The third-order valence-electron chi connectivity index (χ3n) is 4.25. The second kappa shape index (κ2) is 7.92. The number of carbonyl (C=O) groups is 1. The van der Waals surface area contributed by atoms with Gasteiger partial charge in [-0.15, -0.1) is 5.10 Å². The van der Waals surface area contributed by atoms with Crippen molar-refractivity contribution in [2.24, 2.45) is 5.92 Å². The van der Waals surface area contributed by atoms with Crippen LogP contribution in [0.25, 0.3) is 0 Å². The Kier molecular flexibility index (Phi) is 5.43. The van der Waals surface area contributed by atoms with E-state index >= 15 is 0 Å². The highest BCUT2D eigenvalue weighted by Crippen LogP contribution is 2.17. The summed E-state index contributed by atoms with van der Waals surface area (Å²) in [6.45, 7) is 3.27. The lowest BCUT2D eigenvalue weighted by atomic mass is 10.00. The van der Waals surface area contributed by atoms with E-state index in [-0.39, 0.29) is 5.91 Å². The van der Waals surface area contributed by atoms with Gasteiger partial charge >= 0.3 is 0 Å². The zero-order chi connectivity index (χ0) is 16.8. The first-order chi connectivity index (χ1) is 11.8. The Labute approximate surface area is 141 Å². The van der Waals surface area contributed by atoms with E-state index in [4.69, 9.17) is 4.74 Å². The normalized spacial score (nSPS) is 17.5. The maximum atomic E-state index is 12.2. The number of hydrogen-bond donors (Lipinski definition) is 2. The lowest BCUT2D eigenvalue weighted by Gasteiger charge is -2.22. The number of methoxy groups -OCH3 is 1. The van der Waals surface area contributed by atoms with E-state index in [1.807, 2.05) is 24.3 Å². The summed E-state index contributed by atoms with van der Waals surface area (Å²) in [6.07, 6.45) is 4.08. The third kappa shape index (κ3) is 4.11. The minimum atomic E-state index is -0.228. The van der Waals surface area contributed by atoms with Crippen LogP contribution in [0.5, 0.6) is 5.75 Å². The number of hydrogen-bond acceptors (Lipinski definition) is 5. The van der Waals surface area contributed by atoms with Crippen LogP contribution in [0.3, 0.4) is 0 Å². The minimum Gasteiger partial charge on any atom is -0.496 e. The first-order valence-corrected chi connectivity index (χ1v) is 8.27. The summed E-state index contributed by atoms with van der Waals surface area (Å²) in [5.41, 5.74) is 1.27. The zero-order valence-corrected chi connectivity index (χ0v) is 13.9. The molecule has 2 heterocycles. The number of nitrogens with zero attached hydrogens (tertiary/aromatic N) is 3. The van der Waals surface area contributed by atoms with Crippen LogP contribution in [0.15, 0.2) is 30.5 Å². The molecule has 0 radical (unpaired) electrons. The maximum absolute atomic E-state index is 12.2. The number of benzene rings is 1. The van der Waals surface area contributed by atoms with Crippen molar-refractivity contribution in [2.75, 3.05) is 20.2 Å². The second-order valence-electron chi connectivity index (χ2n) is 6.03. The molecular formula is C17H23N5O2. The fourth-order valence-corrected chi connectivity index (χ4v) is 2.95. The summed E-state index contributed by atoms with van der Waals surface area (Å²) in [5, 5.41) is 14.3. The first-order valence-electron chi connectivity index (χ1n) is 8.27. The molecular weight excluding hydrogens is 306 g/mol. The molecule has 3 rings (SSSR count). The summed E-state index contributed by atoms with van der Waals surface area (Å²) >= 11 is 0. The van der Waals surface area contributed by atoms with Crippen LogP contribution in [-0.2, 0) is 13.1 Å². The van der Waals surface area contributed by atoms with Crippen molar-refractivity contribution in [1.29, 1.82) is 0 Å². The second-order valence-corrected chi connectivity index (χ2v) is 6.03. The van der Waals surface area contributed by atoms with Crippen LogP contribution in [0.2, 0.25) is 0 Å². The van der Waals surface area contributed by atoms with Gasteiger partial charge < -0.3 is 15.4 Å². The predicted octanol–water partition coefficient (Wildman–Crippen LogP) is 1.22. The molecule has 1 saturated heterocycles. The number of para-hydroxylation sites is 1. The highest BCUT2D eigenvalue weighted by atomic mass is 16.5. The van der Waals surface area contributed by atoms with Crippen molar-refractivity contribution in [3.05, 3.63) is 41.7 Å². The van der Waals surface area contributed by atoms with Crippen molar-refractivity contribution in [2.45, 2.75) is 25.9 Å². The largest absolute Gasteiger partial charge is 0.496 e. The Hall–Kier alpha value is -2.41. The molecule has 1 aliphatic heterocycles. The highest BCUT2D eigenvalue weighted by molar-refractivity contribution is 5.91. The average molecular weight is 329 g/mol. The summed E-state index contributed by atoms with van der Waals surface area (Å²) in [7, 11) is 1.62. The first kappa shape index (κ1) is 16.4. The topological polar surface area (TPSA) is 81.1 Å². The summed E-state index contributed by atoms with van der Waals surface area (Å²) in [6, 6.07) is 7.61. The summed E-state index contributed by atoms with van der Waals surface area (Å²) in [4.78, 5) is 12.2. The molecule has 2 aromatic rings. The molecule has 0 spiro atoms. The van der Waals surface area contributed by atoms with Crippen LogP contribution in [-0.4, -0.2) is 41.1 Å². The molecule has 7 nitrogen and oxygen atoms in total. The number of carbonyl (C=O) groups excluding carboxylic acids is 1. The Morgan fingerprint density at radius 1 is 1.46 bits per heavy atom. The Morgan fingerprint density at radius 3 is 3.12 bits per heavy atom. The van der Waals surface area contributed by atoms with E-state index < -0.39 is 0 Å². The Bertz CT molecular complexity index is 679. The predicted molar refractivity (Wildman–Crippen MR) is 89.8 cm³/mol. The van der Waals surface area contributed by atoms with E-state index in [1.165, 1.54) is 12.8 Å². The molecule has 7 heteroatoms. The highest BCUT2D eigenvalue weighted by Gasteiger charge is 2.16. The van der Waals surface area contributed by atoms with E-state index in [0.717, 1.165) is 30.9 Å². The number of ether oxygens (including phenoxy) is 1. The molecule has 0 bridgehead atoms. The van der Waals surface area contributed by atoms with Crippen LogP contribution >= 0.6 is 0 Å². The van der Waals surface area contributed by atoms with E-state index in [0.29, 0.717) is 18.2 Å². The van der Waals surface area contributed by atoms with Crippen molar-refractivity contribution in [3.63, 3.8) is 0 Å². The van der Waals surface area contributed by atoms with Gasteiger partial charge in [-0.25, -0.2) is 0 Å². The zero-order valence-electron chi connectivity index (χ0n) is 13.9. The van der Waals surface area contributed by atoms with E-state index in [1.54, 1.807) is 18.0 Å². The molecule has 0 saturated carbocycles. The standard InChI is InChI=1S/C17H23N5O2/c1-24-16-7-3-2-6-14(16)10-19-17(23)15-12-22(21-20-15)11-13-5-4-8-18-9-13/h2-3,6-7,12-13,18H,4-5,8-11H2,1H3,(H,19,23)/t13-/m1/s1. The third-order valence-corrected chi connectivity index (χ3v) is 4.25. The minimum absolute atomic E-state index is 0.228. The average Bonchev–Trinajstić information content (AvgIpc) is 3.09. The molecule has 1 aromatic heterocycles. The number of aromatic nitrogens is 3. The fraction of sp³-hybridized carbons (Fsp3) is 0.471. The van der Waals surface area contributed by atoms with Gasteiger partial charge in [0.1, 0.15) is 5.75 Å². The van der Waals surface area contributed by atoms with Crippen molar-refractivity contribution < 1.29 is 9.53 Å². The summed E-state index contributed by atoms with van der Waals surface area (Å²) < 4.78 is 7.04. The Balaban J connectivity index is 1.55. The SMILES string of the molecule is COc1ccccc1CNC(=O)c1cn(C[C@@H]2CCCNC2)nn1. The Morgan fingerprint density at radius 2 is 2.33 bits per heavy atom. The number of piperidine rings is 1. The van der Waals surface area contributed by atoms with Gasteiger partial charge in [-0.3, -0.25) is 9.48 Å². The van der Waals surface area contributed by atoms with Gasteiger partial charge in [-0.2, -0.15) is 0 Å². The van der Waals surface area contributed by atoms with Crippen LogP contribution in [0.4, 0.5) is 0 Å². The monoisotopic (exact) mass is 329 g/mol. The van der Waals surface area contributed by atoms with Crippen LogP contribution < -0.4 is 15.4 Å². The molecule has 0 unspecified atom stereocenters. The van der Waals surface area contributed by atoms with E-state index in [2.05, 4.69) is 20.9 Å². The van der Waals surface area contributed by atoms with Gasteiger partial charge in [-0.1, -0.05) is 23.4 Å². The molecule has 1 atom stereocenters. The quantitative estimate of drug-likeness (QED) is 0.833. The van der Waals surface area contributed by atoms with Crippen molar-refractivity contribution in [3.8, 4) is 5.75 Å². The van der Waals surface area contributed by atoms with Crippen LogP contribution in [0.1, 0.15) is 28.9 Å². The summed E-state index contributed by atoms with van der Waals surface area (Å²) in [5.74, 6) is 1.07. The fourth-order valence-electron chi connectivity index (χ4n) is 2.95. The van der Waals surface area contributed by atoms with Gasteiger partial charge in [0.2, 0.25) is 0 Å². The van der Waals surface area contributed by atoms with Gasteiger partial charge in [0.05, 0.1) is 13.3 Å². The number of nitrogens with one attached hydrogen (secondary N) is 2. The molecule has 1 amide bonds. The number of rotatable bonds is 6. The molecule has 128 valence electrons. The molecule has 1 fully saturated rings. The lowest BCUT2D eigenvalue weighted by Crippen LogP contribution is -2.32. The molecule has 24 heavy (non-hydrogen) atoms. The maximum Gasteiger partial charge on any atom is 0.273 e. The molecule has 1 aliphatic rings. The number of amides is 1. The van der Waals surface area contributed by atoms with Gasteiger partial charge in [0, 0.05) is 18.7 Å². The molecule has 2 N–H and O–H groups in total.